The molecule has 5 atom stereocenters. The molecule has 0 heterocycles. The van der Waals surface area contributed by atoms with Gasteiger partial charge in [0.15, 0.2) is 0 Å². The average molecular weight is 251 g/mol. The minimum Gasteiger partial charge on any atom is -0.464 e. The number of ether oxygens (including phenoxy) is 1. The summed E-state index contributed by atoms with van der Waals surface area (Å²) in [4.78, 5) is 23.6. The molecule has 0 aliphatic heterocycles. The highest BCUT2D eigenvalue weighted by atomic mass is 16.5. The first-order chi connectivity index (χ1) is 8.63. The van der Waals surface area contributed by atoms with Gasteiger partial charge in [0.2, 0.25) is 5.91 Å². The third-order valence-electron chi connectivity index (χ3n) is 5.04. The van der Waals surface area contributed by atoms with Crippen molar-refractivity contribution in [2.45, 2.75) is 39.2 Å². The van der Waals surface area contributed by atoms with E-state index < -0.39 is 6.04 Å². The van der Waals surface area contributed by atoms with E-state index in [1.54, 1.807) is 13.8 Å². The SMILES string of the molecule is CCOC(=O)C(C)NC(=O)C1C2C3CCC(C3)C12. The highest BCUT2D eigenvalue weighted by Crippen LogP contribution is 2.69. The van der Waals surface area contributed by atoms with Crippen molar-refractivity contribution in [2.75, 3.05) is 6.61 Å². The van der Waals surface area contributed by atoms with Crippen LogP contribution in [0.3, 0.4) is 0 Å². The van der Waals surface area contributed by atoms with Crippen LogP contribution in [-0.4, -0.2) is 24.5 Å². The molecule has 0 aromatic rings. The highest BCUT2D eigenvalue weighted by molar-refractivity contribution is 5.87. The zero-order valence-electron chi connectivity index (χ0n) is 11.0. The summed E-state index contributed by atoms with van der Waals surface area (Å²) >= 11 is 0. The second kappa shape index (κ2) is 4.25. The summed E-state index contributed by atoms with van der Waals surface area (Å²) in [5, 5.41) is 2.81. The van der Waals surface area contributed by atoms with E-state index in [9.17, 15) is 9.59 Å². The lowest BCUT2D eigenvalue weighted by Gasteiger charge is -2.14. The predicted molar refractivity (Wildman–Crippen MR) is 65.5 cm³/mol. The Hall–Kier alpha value is -1.06. The van der Waals surface area contributed by atoms with Crippen LogP contribution in [0.1, 0.15) is 33.1 Å². The van der Waals surface area contributed by atoms with Gasteiger partial charge in [-0.3, -0.25) is 4.79 Å². The van der Waals surface area contributed by atoms with Gasteiger partial charge in [0.25, 0.3) is 0 Å². The number of nitrogens with one attached hydrogen (secondary N) is 1. The van der Waals surface area contributed by atoms with Gasteiger partial charge in [0.05, 0.1) is 6.61 Å². The lowest BCUT2D eigenvalue weighted by atomic mass is 10.0. The van der Waals surface area contributed by atoms with Crippen LogP contribution in [0.2, 0.25) is 0 Å². The van der Waals surface area contributed by atoms with Gasteiger partial charge in [-0.2, -0.15) is 0 Å². The van der Waals surface area contributed by atoms with Gasteiger partial charge >= 0.3 is 5.97 Å². The first-order valence-corrected chi connectivity index (χ1v) is 7.10. The van der Waals surface area contributed by atoms with Crippen LogP contribution in [0.5, 0.6) is 0 Å². The summed E-state index contributed by atoms with van der Waals surface area (Å²) in [6.07, 6.45) is 3.96. The first-order valence-electron chi connectivity index (χ1n) is 7.10. The number of fused-ring (bicyclic) bond motifs is 5. The Morgan fingerprint density at radius 3 is 2.44 bits per heavy atom. The summed E-state index contributed by atoms with van der Waals surface area (Å²) < 4.78 is 4.90. The maximum atomic E-state index is 12.1. The van der Waals surface area contributed by atoms with Gasteiger partial charge in [-0.1, -0.05) is 0 Å². The molecule has 3 fully saturated rings. The number of rotatable bonds is 4. The summed E-state index contributed by atoms with van der Waals surface area (Å²) in [5.74, 6) is 2.74. The Kier molecular flexibility index (Phi) is 2.83. The molecular weight excluding hydrogens is 230 g/mol. The van der Waals surface area contributed by atoms with Gasteiger partial charge in [-0.15, -0.1) is 0 Å². The molecule has 5 unspecified atom stereocenters. The minimum absolute atomic E-state index is 0.0714. The molecule has 3 aliphatic carbocycles. The van der Waals surface area contributed by atoms with Crippen LogP contribution in [0, 0.1) is 29.6 Å². The summed E-state index contributed by atoms with van der Waals surface area (Å²) in [5.41, 5.74) is 0. The van der Waals surface area contributed by atoms with Gasteiger partial charge < -0.3 is 10.1 Å². The van der Waals surface area contributed by atoms with Crippen molar-refractivity contribution >= 4 is 11.9 Å². The van der Waals surface area contributed by atoms with Gasteiger partial charge in [0, 0.05) is 5.92 Å². The van der Waals surface area contributed by atoms with Crippen molar-refractivity contribution in [2.24, 2.45) is 29.6 Å². The molecule has 4 heteroatoms. The zero-order chi connectivity index (χ0) is 12.9. The summed E-state index contributed by atoms with van der Waals surface area (Å²) in [7, 11) is 0. The van der Waals surface area contributed by atoms with E-state index in [-0.39, 0.29) is 17.8 Å². The molecule has 3 saturated carbocycles. The average Bonchev–Trinajstić information content (AvgIpc) is 2.79. The Morgan fingerprint density at radius 2 is 1.89 bits per heavy atom. The fourth-order valence-corrected chi connectivity index (χ4v) is 4.31. The normalized spacial score (nSPS) is 41.1. The topological polar surface area (TPSA) is 55.4 Å². The molecule has 4 nitrogen and oxygen atoms in total. The highest BCUT2D eigenvalue weighted by Gasteiger charge is 2.67. The third-order valence-corrected chi connectivity index (χ3v) is 5.04. The largest absolute Gasteiger partial charge is 0.464 e. The molecular formula is C14H21NO3. The quantitative estimate of drug-likeness (QED) is 0.767. The molecule has 1 amide bonds. The molecule has 0 saturated heterocycles. The van der Waals surface area contributed by atoms with E-state index in [0.717, 1.165) is 11.8 Å². The fourth-order valence-electron chi connectivity index (χ4n) is 4.31. The van der Waals surface area contributed by atoms with Gasteiger partial charge in [0.1, 0.15) is 6.04 Å². The lowest BCUT2D eigenvalue weighted by Crippen LogP contribution is -2.41. The smallest absolute Gasteiger partial charge is 0.328 e. The second-order valence-electron chi connectivity index (χ2n) is 6.00. The number of carbonyl (C=O) groups is 2. The number of carbonyl (C=O) groups excluding carboxylic acids is 2. The van der Waals surface area contributed by atoms with E-state index in [0.29, 0.717) is 18.4 Å². The van der Waals surface area contributed by atoms with E-state index >= 15 is 0 Å². The fraction of sp³-hybridized carbons (Fsp3) is 0.857. The maximum Gasteiger partial charge on any atom is 0.328 e. The van der Waals surface area contributed by atoms with E-state index in [4.69, 9.17) is 4.74 Å². The molecule has 3 aliphatic rings. The van der Waals surface area contributed by atoms with Crippen molar-refractivity contribution in [1.82, 2.24) is 5.32 Å². The molecule has 3 rings (SSSR count). The van der Waals surface area contributed by atoms with Crippen LogP contribution >= 0.6 is 0 Å². The first kappa shape index (κ1) is 12.0. The van der Waals surface area contributed by atoms with Crippen molar-refractivity contribution in [1.29, 1.82) is 0 Å². The van der Waals surface area contributed by atoms with Crippen molar-refractivity contribution in [3.8, 4) is 0 Å². The van der Waals surface area contributed by atoms with E-state index in [2.05, 4.69) is 5.32 Å². The van der Waals surface area contributed by atoms with E-state index in [1.165, 1.54) is 19.3 Å². The molecule has 0 radical (unpaired) electrons. The number of esters is 1. The summed E-state index contributed by atoms with van der Waals surface area (Å²) in [6, 6.07) is -0.517. The maximum absolute atomic E-state index is 12.1. The number of hydrogen-bond acceptors (Lipinski definition) is 3. The lowest BCUT2D eigenvalue weighted by molar-refractivity contribution is -0.147. The number of amides is 1. The Balaban J connectivity index is 1.53. The van der Waals surface area contributed by atoms with Crippen molar-refractivity contribution in [3.05, 3.63) is 0 Å². The molecule has 100 valence electrons. The Labute approximate surface area is 107 Å². The predicted octanol–water partition coefficient (Wildman–Crippen LogP) is 1.35. The standard InChI is InChI=1S/C14H21NO3/c1-3-18-14(17)7(2)15-13(16)12-10-8-4-5-9(6-8)11(10)12/h7-12H,3-6H2,1-2H3,(H,15,16). The molecule has 0 spiro atoms. The van der Waals surface area contributed by atoms with Crippen molar-refractivity contribution < 1.29 is 14.3 Å². The molecule has 18 heavy (non-hydrogen) atoms. The summed E-state index contributed by atoms with van der Waals surface area (Å²) in [6.45, 7) is 3.83. The van der Waals surface area contributed by atoms with Crippen LogP contribution in [0.25, 0.3) is 0 Å². The van der Waals surface area contributed by atoms with E-state index in [1.807, 2.05) is 0 Å². The van der Waals surface area contributed by atoms with Crippen molar-refractivity contribution in [3.63, 3.8) is 0 Å². The van der Waals surface area contributed by atoms with Crippen LogP contribution in [0.4, 0.5) is 0 Å². The molecule has 2 bridgehead atoms. The zero-order valence-corrected chi connectivity index (χ0v) is 11.0. The molecule has 0 aromatic heterocycles. The monoisotopic (exact) mass is 251 g/mol. The minimum atomic E-state index is -0.517. The molecule has 1 N–H and O–H groups in total. The molecule has 0 aromatic carbocycles. The third kappa shape index (κ3) is 1.73. The Morgan fingerprint density at radius 1 is 1.28 bits per heavy atom. The van der Waals surface area contributed by atoms with Gasteiger partial charge in [-0.25, -0.2) is 4.79 Å². The van der Waals surface area contributed by atoms with Crippen LogP contribution in [0.15, 0.2) is 0 Å². The van der Waals surface area contributed by atoms with Crippen LogP contribution < -0.4 is 5.32 Å². The van der Waals surface area contributed by atoms with Gasteiger partial charge in [-0.05, 0) is 56.8 Å². The van der Waals surface area contributed by atoms with Crippen LogP contribution in [-0.2, 0) is 14.3 Å². The second-order valence-corrected chi connectivity index (χ2v) is 6.00. The Bertz CT molecular complexity index is 365. The number of hydrogen-bond donors (Lipinski definition) is 1.